The Labute approximate surface area is 80.7 Å². The lowest BCUT2D eigenvalue weighted by Crippen LogP contribution is -2.29. The fourth-order valence-corrected chi connectivity index (χ4v) is 2.27. The van der Waals surface area contributed by atoms with Gasteiger partial charge in [0.1, 0.15) is 5.00 Å². The number of rotatable bonds is 2. The molecule has 1 aliphatic heterocycles. The zero-order chi connectivity index (χ0) is 9.10. The predicted octanol–water partition coefficient (Wildman–Crippen LogP) is 1.34. The lowest BCUT2D eigenvalue weighted by atomic mass is 10.1. The van der Waals surface area contributed by atoms with E-state index in [1.54, 1.807) is 0 Å². The third-order valence-corrected chi connectivity index (χ3v) is 3.05. The Morgan fingerprint density at radius 2 is 2.08 bits per heavy atom. The molecule has 2 heterocycles. The molecule has 0 saturated carbocycles. The highest BCUT2D eigenvalue weighted by molar-refractivity contribution is 7.10. The normalized spacial score (nSPS) is 17.4. The van der Waals surface area contributed by atoms with E-state index in [1.165, 1.54) is 30.8 Å². The Hall–Kier alpha value is -0.970. The van der Waals surface area contributed by atoms with Crippen molar-refractivity contribution in [2.45, 2.75) is 19.3 Å². The molecular formula is C8H11N3OS. The van der Waals surface area contributed by atoms with Gasteiger partial charge in [-0.15, -0.1) is 5.10 Å². The van der Waals surface area contributed by atoms with Gasteiger partial charge in [0, 0.05) is 24.6 Å². The molecule has 0 aliphatic carbocycles. The van der Waals surface area contributed by atoms with Gasteiger partial charge in [0.2, 0.25) is 0 Å². The van der Waals surface area contributed by atoms with Crippen LogP contribution in [0.15, 0.2) is 0 Å². The van der Waals surface area contributed by atoms with Crippen LogP contribution in [-0.4, -0.2) is 29.0 Å². The first-order valence-electron chi connectivity index (χ1n) is 4.44. The van der Waals surface area contributed by atoms with Crippen molar-refractivity contribution in [1.82, 2.24) is 9.59 Å². The molecule has 0 radical (unpaired) electrons. The van der Waals surface area contributed by atoms with Crippen LogP contribution in [0.3, 0.4) is 0 Å². The molecule has 1 aromatic rings. The number of carbonyl (C=O) groups excluding carboxylic acids is 1. The van der Waals surface area contributed by atoms with E-state index in [-0.39, 0.29) is 0 Å². The summed E-state index contributed by atoms with van der Waals surface area (Å²) in [6.45, 7) is 2.06. The molecule has 0 N–H and O–H groups in total. The van der Waals surface area contributed by atoms with Crippen molar-refractivity contribution >= 4 is 22.8 Å². The van der Waals surface area contributed by atoms with Crippen molar-refractivity contribution in [3.05, 3.63) is 5.69 Å². The summed E-state index contributed by atoms with van der Waals surface area (Å²) in [6, 6.07) is 0. The Balaban J connectivity index is 2.17. The van der Waals surface area contributed by atoms with Crippen LogP contribution >= 0.6 is 11.5 Å². The summed E-state index contributed by atoms with van der Waals surface area (Å²) in [5.41, 5.74) is 0.493. The molecule has 1 saturated heterocycles. The zero-order valence-electron chi connectivity index (χ0n) is 7.27. The summed E-state index contributed by atoms with van der Waals surface area (Å²) in [4.78, 5) is 12.8. The Kier molecular flexibility index (Phi) is 2.54. The molecule has 2 rings (SSSR count). The predicted molar refractivity (Wildman–Crippen MR) is 51.4 cm³/mol. The molecule has 1 aliphatic rings. The summed E-state index contributed by atoms with van der Waals surface area (Å²) >= 11 is 1.31. The average molecular weight is 197 g/mol. The molecule has 0 atom stereocenters. The number of carbonyl (C=O) groups is 1. The van der Waals surface area contributed by atoms with Crippen molar-refractivity contribution in [3.63, 3.8) is 0 Å². The molecule has 4 nitrogen and oxygen atoms in total. The van der Waals surface area contributed by atoms with Gasteiger partial charge in [-0.2, -0.15) is 0 Å². The molecule has 0 spiro atoms. The van der Waals surface area contributed by atoms with Crippen LogP contribution in [-0.2, 0) is 0 Å². The van der Waals surface area contributed by atoms with E-state index in [0.29, 0.717) is 5.69 Å². The second-order valence-corrected chi connectivity index (χ2v) is 3.86. The molecule has 1 aromatic heterocycles. The van der Waals surface area contributed by atoms with Gasteiger partial charge in [-0.3, -0.25) is 4.79 Å². The van der Waals surface area contributed by atoms with Crippen LogP contribution in [0.1, 0.15) is 29.8 Å². The highest BCUT2D eigenvalue weighted by Crippen LogP contribution is 2.24. The fourth-order valence-electron chi connectivity index (χ4n) is 1.58. The third kappa shape index (κ3) is 1.70. The minimum absolute atomic E-state index is 0.493. The highest BCUT2D eigenvalue weighted by atomic mass is 32.1. The average Bonchev–Trinajstić information content (AvgIpc) is 2.67. The lowest BCUT2D eigenvalue weighted by molar-refractivity contribution is 0.111. The SMILES string of the molecule is O=Cc1nnsc1N1CCCCC1. The van der Waals surface area contributed by atoms with E-state index < -0.39 is 0 Å². The van der Waals surface area contributed by atoms with Crippen LogP contribution in [0, 0.1) is 0 Å². The monoisotopic (exact) mass is 197 g/mol. The van der Waals surface area contributed by atoms with Gasteiger partial charge >= 0.3 is 0 Å². The molecule has 70 valence electrons. The van der Waals surface area contributed by atoms with Gasteiger partial charge in [0.25, 0.3) is 0 Å². The summed E-state index contributed by atoms with van der Waals surface area (Å²) in [5.74, 6) is 0. The summed E-state index contributed by atoms with van der Waals surface area (Å²) in [5, 5.41) is 4.71. The molecular weight excluding hydrogens is 186 g/mol. The maximum Gasteiger partial charge on any atom is 0.173 e. The Bertz CT molecular complexity index is 293. The van der Waals surface area contributed by atoms with Crippen LogP contribution in [0.2, 0.25) is 0 Å². The second-order valence-electron chi connectivity index (χ2n) is 3.13. The van der Waals surface area contributed by atoms with Crippen molar-refractivity contribution in [2.75, 3.05) is 18.0 Å². The molecule has 1 fully saturated rings. The summed E-state index contributed by atoms with van der Waals surface area (Å²) in [6.07, 6.45) is 4.49. The number of aldehydes is 1. The number of nitrogens with zero attached hydrogens (tertiary/aromatic N) is 3. The Morgan fingerprint density at radius 1 is 1.31 bits per heavy atom. The summed E-state index contributed by atoms with van der Waals surface area (Å²) in [7, 11) is 0. The topological polar surface area (TPSA) is 46.1 Å². The van der Waals surface area contributed by atoms with Crippen LogP contribution in [0.25, 0.3) is 0 Å². The van der Waals surface area contributed by atoms with Crippen molar-refractivity contribution < 1.29 is 4.79 Å². The quantitative estimate of drug-likeness (QED) is 0.671. The molecule has 13 heavy (non-hydrogen) atoms. The van der Waals surface area contributed by atoms with Crippen LogP contribution in [0.5, 0.6) is 0 Å². The van der Waals surface area contributed by atoms with Crippen molar-refractivity contribution in [3.8, 4) is 0 Å². The standard InChI is InChI=1S/C8H11N3OS/c12-6-7-8(13-10-9-7)11-4-2-1-3-5-11/h6H,1-5H2. The largest absolute Gasteiger partial charge is 0.360 e. The van der Waals surface area contributed by atoms with E-state index in [1.807, 2.05) is 0 Å². The minimum Gasteiger partial charge on any atom is -0.360 e. The number of anilines is 1. The van der Waals surface area contributed by atoms with E-state index in [4.69, 9.17) is 0 Å². The number of aromatic nitrogens is 2. The molecule has 0 amide bonds. The highest BCUT2D eigenvalue weighted by Gasteiger charge is 2.17. The molecule has 0 bridgehead atoms. The van der Waals surface area contributed by atoms with Gasteiger partial charge in [-0.05, 0) is 19.3 Å². The molecule has 0 aromatic carbocycles. The van der Waals surface area contributed by atoms with E-state index in [0.717, 1.165) is 24.4 Å². The molecule has 0 unspecified atom stereocenters. The van der Waals surface area contributed by atoms with E-state index >= 15 is 0 Å². The summed E-state index contributed by atoms with van der Waals surface area (Å²) < 4.78 is 3.79. The second kappa shape index (κ2) is 3.83. The van der Waals surface area contributed by atoms with Gasteiger partial charge in [-0.1, -0.05) is 4.49 Å². The fraction of sp³-hybridized carbons (Fsp3) is 0.625. The first-order valence-corrected chi connectivity index (χ1v) is 5.21. The lowest BCUT2D eigenvalue weighted by Gasteiger charge is -2.26. The molecule has 5 heteroatoms. The van der Waals surface area contributed by atoms with Crippen molar-refractivity contribution in [2.24, 2.45) is 0 Å². The number of piperidine rings is 1. The van der Waals surface area contributed by atoms with Crippen LogP contribution in [0.4, 0.5) is 5.00 Å². The van der Waals surface area contributed by atoms with Gasteiger partial charge in [0.05, 0.1) is 0 Å². The van der Waals surface area contributed by atoms with Crippen molar-refractivity contribution in [1.29, 1.82) is 0 Å². The van der Waals surface area contributed by atoms with E-state index in [9.17, 15) is 4.79 Å². The van der Waals surface area contributed by atoms with Gasteiger partial charge in [-0.25, -0.2) is 0 Å². The zero-order valence-corrected chi connectivity index (χ0v) is 8.09. The first kappa shape index (κ1) is 8.62. The Morgan fingerprint density at radius 3 is 2.77 bits per heavy atom. The number of hydrogen-bond donors (Lipinski definition) is 0. The maximum absolute atomic E-state index is 10.6. The smallest absolute Gasteiger partial charge is 0.173 e. The van der Waals surface area contributed by atoms with Gasteiger partial charge < -0.3 is 4.90 Å². The van der Waals surface area contributed by atoms with Gasteiger partial charge in [0.15, 0.2) is 12.0 Å². The van der Waals surface area contributed by atoms with E-state index in [2.05, 4.69) is 14.5 Å². The number of hydrogen-bond acceptors (Lipinski definition) is 5. The van der Waals surface area contributed by atoms with Crippen LogP contribution < -0.4 is 4.90 Å². The maximum atomic E-state index is 10.6. The third-order valence-electron chi connectivity index (χ3n) is 2.25. The first-order chi connectivity index (χ1) is 6.42. The minimum atomic E-state index is 0.493.